The molecule has 0 saturated heterocycles. The first kappa shape index (κ1) is 68.8. The fraction of sp³-hybridized carbons (Fsp3) is 0.0137. The number of phenols is 1. The molecule has 0 fully saturated rings. The third-order valence-electron chi connectivity index (χ3n) is 13.0. The first-order valence-corrected chi connectivity index (χ1v) is 29.5. The highest BCUT2D eigenvalue weighted by molar-refractivity contribution is 7.13. The summed E-state index contributed by atoms with van der Waals surface area (Å²) in [7, 11) is 0. The first-order chi connectivity index (χ1) is 45.3. The maximum Gasteiger partial charge on any atom is 0.278 e. The molecule has 0 saturated carbocycles. The summed E-state index contributed by atoms with van der Waals surface area (Å²) in [5.74, 6) is -2.36. The van der Waals surface area contributed by atoms with Crippen molar-refractivity contribution in [1.82, 2.24) is 0 Å². The number of thiophene rings is 1. The van der Waals surface area contributed by atoms with Gasteiger partial charge in [0.25, 0.3) is 35.2 Å². The van der Waals surface area contributed by atoms with E-state index in [2.05, 4.69) is 49.2 Å². The van der Waals surface area contributed by atoms with Crippen LogP contribution in [-0.4, -0.2) is 70.6 Å². The molecule has 11 N–H and O–H groups in total. The van der Waals surface area contributed by atoms with E-state index < -0.39 is 34.5 Å². The Kier molecular flexibility index (Phi) is 25.6. The van der Waals surface area contributed by atoms with Gasteiger partial charge in [-0.25, -0.2) is 0 Å². The molecule has 21 heteroatoms. The molecule has 0 spiro atoms. The van der Waals surface area contributed by atoms with Gasteiger partial charge in [0.2, 0.25) is 0 Å². The summed E-state index contributed by atoms with van der Waals surface area (Å²) < 4.78 is 0. The van der Waals surface area contributed by atoms with Crippen molar-refractivity contribution in [2.45, 2.75) is 6.92 Å². The molecule has 10 aromatic carbocycles. The van der Waals surface area contributed by atoms with Gasteiger partial charge in [0.1, 0.15) is 5.75 Å². The van der Waals surface area contributed by atoms with Crippen LogP contribution in [0.5, 0.6) is 5.75 Å². The van der Waals surface area contributed by atoms with E-state index in [1.54, 1.807) is 200 Å². The maximum absolute atomic E-state index is 11.4. The number of para-hydroxylation sites is 6. The van der Waals surface area contributed by atoms with Crippen molar-refractivity contribution in [2.75, 3.05) is 0 Å². The van der Waals surface area contributed by atoms with Crippen LogP contribution in [0.1, 0.15) is 83.8 Å². The summed E-state index contributed by atoms with van der Waals surface area (Å²) in [6, 6.07) is 72.9. The van der Waals surface area contributed by atoms with Crippen LogP contribution in [0, 0.1) is 17.0 Å². The SMILES string of the molecule is Cc1ccc(C=Nc2ccccc2C(N)=O)s1.NC(=O)c1ccccc1N=Cc1ccc2ccccc2c1.NC(=O)c1ccccc1N=Cc1cccc(Cl)c1.NC(=O)c1ccccc1N=Cc1cccc(O)c1.NC(=O)c1ccccc1N=Cc1ccccc1[N+](=O)[O-]. The summed E-state index contributed by atoms with van der Waals surface area (Å²) in [4.78, 5) is 90.1. The van der Waals surface area contributed by atoms with Gasteiger partial charge >= 0.3 is 0 Å². The fourth-order valence-corrected chi connectivity index (χ4v) is 9.39. The van der Waals surface area contributed by atoms with E-state index in [0.29, 0.717) is 61.3 Å². The minimum atomic E-state index is -0.597. The van der Waals surface area contributed by atoms with Gasteiger partial charge < -0.3 is 33.8 Å². The number of nitro groups is 1. The number of carbonyl (C=O) groups is 5. The number of amides is 5. The zero-order chi connectivity index (χ0) is 67.4. The second-order valence-electron chi connectivity index (χ2n) is 19.7. The Bertz CT molecular complexity index is 4510. The highest BCUT2D eigenvalue weighted by Gasteiger charge is 2.13. The number of aliphatic imine (C=N–C) groups is 5. The van der Waals surface area contributed by atoms with E-state index in [1.165, 1.54) is 22.5 Å². The number of nitrogens with zero attached hydrogens (tertiary/aromatic N) is 6. The zero-order valence-electron chi connectivity index (χ0n) is 50.2. The van der Waals surface area contributed by atoms with Crippen molar-refractivity contribution < 1.29 is 34.0 Å². The monoisotopic (exact) mass is 1290 g/mol. The number of benzene rings is 10. The van der Waals surface area contributed by atoms with Crippen LogP contribution in [0.15, 0.2) is 274 Å². The van der Waals surface area contributed by atoms with E-state index in [1.807, 2.05) is 61.5 Å². The highest BCUT2D eigenvalue weighted by Crippen LogP contribution is 2.25. The molecule has 0 aliphatic carbocycles. The number of halogens is 1. The van der Waals surface area contributed by atoms with Gasteiger partial charge in [0, 0.05) is 51.9 Å². The van der Waals surface area contributed by atoms with E-state index in [-0.39, 0.29) is 17.0 Å². The van der Waals surface area contributed by atoms with E-state index >= 15 is 0 Å². The molecular formula is C73H60ClN11O8S. The Labute approximate surface area is 549 Å². The number of nitro benzene ring substituents is 1. The summed E-state index contributed by atoms with van der Waals surface area (Å²) in [6.45, 7) is 2.04. The van der Waals surface area contributed by atoms with Crippen molar-refractivity contribution in [3.8, 4) is 5.75 Å². The predicted octanol–water partition coefficient (Wildman–Crippen LogP) is 14.5. The van der Waals surface area contributed by atoms with Gasteiger partial charge in [-0.15, -0.1) is 11.3 Å². The quantitative estimate of drug-likeness (QED) is 0.0306. The molecule has 0 aliphatic rings. The number of rotatable bonds is 16. The number of hydrogen-bond acceptors (Lipinski definition) is 14. The number of hydrogen-bond donors (Lipinski definition) is 6. The zero-order valence-corrected chi connectivity index (χ0v) is 51.8. The van der Waals surface area contributed by atoms with Gasteiger partial charge in [-0.05, 0) is 144 Å². The number of fused-ring (bicyclic) bond motifs is 1. The molecular weight excluding hydrogens is 1230 g/mol. The van der Waals surface area contributed by atoms with Crippen molar-refractivity contribution in [1.29, 1.82) is 0 Å². The van der Waals surface area contributed by atoms with E-state index in [9.17, 15) is 39.2 Å². The third kappa shape index (κ3) is 21.3. The lowest BCUT2D eigenvalue weighted by atomic mass is 10.1. The van der Waals surface area contributed by atoms with Gasteiger partial charge in [-0.1, -0.05) is 145 Å². The van der Waals surface area contributed by atoms with Gasteiger partial charge in [-0.2, -0.15) is 0 Å². The first-order valence-electron chi connectivity index (χ1n) is 28.3. The molecule has 94 heavy (non-hydrogen) atoms. The molecule has 5 amide bonds. The molecule has 0 bridgehead atoms. The van der Waals surface area contributed by atoms with Crippen molar-refractivity contribution >= 4 is 128 Å². The Morgan fingerprint density at radius 2 is 0.777 bits per heavy atom. The molecule has 0 unspecified atom stereocenters. The Balaban J connectivity index is 0.000000167. The van der Waals surface area contributed by atoms with Crippen LogP contribution in [0.3, 0.4) is 0 Å². The predicted molar refractivity (Wildman–Crippen MR) is 377 cm³/mol. The van der Waals surface area contributed by atoms with Crippen molar-refractivity contribution in [2.24, 2.45) is 53.6 Å². The number of phenolic OH excluding ortho intramolecular Hbond substituents is 1. The summed E-state index contributed by atoms with van der Waals surface area (Å²) >= 11 is 7.53. The third-order valence-corrected chi connectivity index (χ3v) is 14.1. The van der Waals surface area contributed by atoms with E-state index in [4.69, 9.17) is 40.3 Å². The Morgan fingerprint density at radius 3 is 1.19 bits per heavy atom. The second kappa shape index (κ2) is 34.9. The van der Waals surface area contributed by atoms with Gasteiger partial charge in [0.15, 0.2) is 0 Å². The summed E-state index contributed by atoms with van der Waals surface area (Å²) in [5.41, 5.74) is 33.8. The van der Waals surface area contributed by atoms with Crippen molar-refractivity contribution in [3.05, 3.63) is 324 Å². The molecule has 1 heterocycles. The minimum Gasteiger partial charge on any atom is -0.508 e. The lowest BCUT2D eigenvalue weighted by Crippen LogP contribution is -2.10. The van der Waals surface area contributed by atoms with Crippen molar-refractivity contribution in [3.63, 3.8) is 0 Å². The second-order valence-corrected chi connectivity index (χ2v) is 21.5. The van der Waals surface area contributed by atoms with Crippen LogP contribution in [0.4, 0.5) is 34.1 Å². The number of aryl methyl sites for hydroxylation is 1. The van der Waals surface area contributed by atoms with Crippen LogP contribution < -0.4 is 28.7 Å². The molecule has 0 aliphatic heterocycles. The minimum absolute atomic E-state index is 0.0483. The molecule has 11 rings (SSSR count). The number of primary amides is 5. The molecule has 11 aromatic rings. The maximum atomic E-state index is 11.4. The normalized spacial score (nSPS) is 10.8. The van der Waals surface area contributed by atoms with E-state index in [0.717, 1.165) is 27.0 Å². The summed E-state index contributed by atoms with van der Waals surface area (Å²) in [6.07, 6.45) is 8.06. The molecule has 1 aromatic heterocycles. The Morgan fingerprint density at radius 1 is 0.404 bits per heavy atom. The number of aromatic hydroxyl groups is 1. The van der Waals surface area contributed by atoms with Crippen LogP contribution in [-0.2, 0) is 0 Å². The topological polar surface area (TPSA) is 341 Å². The van der Waals surface area contributed by atoms with Gasteiger partial charge in [-0.3, -0.25) is 59.0 Å². The lowest BCUT2D eigenvalue weighted by molar-refractivity contribution is -0.385. The highest BCUT2D eigenvalue weighted by atomic mass is 35.5. The smallest absolute Gasteiger partial charge is 0.278 e. The summed E-state index contributed by atoms with van der Waals surface area (Å²) in [5, 5.41) is 23.2. The largest absolute Gasteiger partial charge is 0.508 e. The fourth-order valence-electron chi connectivity index (χ4n) is 8.44. The Hall–Kier alpha value is -12.7. The molecule has 0 radical (unpaired) electrons. The standard InChI is InChI=1S/C18H14N2O.C14H11ClN2O.C14H11N3O3.C14H12N2O2.C13H12N2OS/c19-18(21)16-7-3-4-8-17(16)20-12-13-9-10-14-5-1-2-6-15(14)11-13;15-11-5-3-4-10(8-11)9-17-13-7-2-1-6-12(13)14(16)18;15-14(18)11-6-2-3-7-12(11)16-9-10-5-1-4-8-13(10)17(19)20;15-14(18)12-6-1-2-7-13(12)16-9-10-4-3-5-11(17)8-10;1-9-6-7-10(17-9)8-15-12-5-3-2-4-11(12)13(14)16/h1-12H,(H2,19,21);1-9H,(H2,16,18);1-9H,(H2,15,18);1-9,17H,(H2,15,18);2-8H,1H3,(H2,14,16). The number of nitrogens with two attached hydrogens (primary N) is 5. The molecule has 19 nitrogen and oxygen atoms in total. The molecule has 0 atom stereocenters. The van der Waals surface area contributed by atoms with Gasteiger partial charge in [0.05, 0.1) is 66.7 Å². The average Bonchev–Trinajstić information content (AvgIpc) is 1.45. The van der Waals surface area contributed by atoms with Crippen LogP contribution >= 0.6 is 22.9 Å². The van der Waals surface area contributed by atoms with Crippen LogP contribution in [0.25, 0.3) is 10.8 Å². The molecule has 468 valence electrons. The average molecular weight is 1290 g/mol. The lowest BCUT2D eigenvalue weighted by Gasteiger charge is -2.01. The van der Waals surface area contributed by atoms with Crippen LogP contribution in [0.2, 0.25) is 5.02 Å². The number of carbonyl (C=O) groups excluding carboxylic acids is 5.